The Bertz CT molecular complexity index is 709. The Labute approximate surface area is 137 Å². The second kappa shape index (κ2) is 6.30. The third kappa shape index (κ3) is 3.09. The SMILES string of the molecule is O=C(CN1CCN2CCC[C@@H]2C1)Nc1cccc2ccccc12. The van der Waals surface area contributed by atoms with Crippen LogP contribution in [0.25, 0.3) is 10.8 Å². The van der Waals surface area contributed by atoms with Crippen LogP contribution in [0.4, 0.5) is 5.69 Å². The summed E-state index contributed by atoms with van der Waals surface area (Å²) in [6, 6.07) is 14.9. The summed E-state index contributed by atoms with van der Waals surface area (Å²) in [4.78, 5) is 17.3. The zero-order valence-electron chi connectivity index (χ0n) is 13.4. The summed E-state index contributed by atoms with van der Waals surface area (Å²) >= 11 is 0. The fraction of sp³-hybridized carbons (Fsp3) is 0.421. The van der Waals surface area contributed by atoms with Crippen LogP contribution in [-0.2, 0) is 4.79 Å². The molecule has 4 heteroatoms. The minimum atomic E-state index is 0.0906. The van der Waals surface area contributed by atoms with Crippen molar-refractivity contribution in [2.45, 2.75) is 18.9 Å². The number of carbonyl (C=O) groups excluding carboxylic acids is 1. The predicted molar refractivity (Wildman–Crippen MR) is 93.6 cm³/mol. The van der Waals surface area contributed by atoms with Crippen LogP contribution in [0.1, 0.15) is 12.8 Å². The summed E-state index contributed by atoms with van der Waals surface area (Å²) in [5, 5.41) is 5.36. The summed E-state index contributed by atoms with van der Waals surface area (Å²) in [7, 11) is 0. The molecule has 2 aromatic rings. The van der Waals surface area contributed by atoms with E-state index in [0.717, 1.165) is 36.1 Å². The van der Waals surface area contributed by atoms with Gasteiger partial charge in [-0.25, -0.2) is 0 Å². The highest BCUT2D eigenvalue weighted by atomic mass is 16.2. The lowest BCUT2D eigenvalue weighted by atomic mass is 10.1. The predicted octanol–water partition coefficient (Wildman–Crippen LogP) is 2.56. The average Bonchev–Trinajstić information content (AvgIpc) is 3.03. The number of amides is 1. The van der Waals surface area contributed by atoms with E-state index in [2.05, 4.69) is 33.3 Å². The van der Waals surface area contributed by atoms with Gasteiger partial charge in [-0.3, -0.25) is 14.6 Å². The van der Waals surface area contributed by atoms with Gasteiger partial charge in [0.1, 0.15) is 0 Å². The van der Waals surface area contributed by atoms with Gasteiger partial charge in [0.05, 0.1) is 6.54 Å². The van der Waals surface area contributed by atoms with Crippen LogP contribution in [0.5, 0.6) is 0 Å². The Morgan fingerprint density at radius 1 is 1.09 bits per heavy atom. The van der Waals surface area contributed by atoms with Crippen molar-refractivity contribution < 1.29 is 4.79 Å². The molecule has 2 fully saturated rings. The van der Waals surface area contributed by atoms with Gasteiger partial charge in [0, 0.05) is 36.7 Å². The normalized spacial score (nSPS) is 22.2. The maximum Gasteiger partial charge on any atom is 0.238 e. The van der Waals surface area contributed by atoms with E-state index in [0.29, 0.717) is 12.6 Å². The molecule has 4 rings (SSSR count). The molecule has 0 aromatic heterocycles. The molecular weight excluding hydrogens is 286 g/mol. The molecule has 2 aromatic carbocycles. The van der Waals surface area contributed by atoms with Crippen molar-refractivity contribution in [1.29, 1.82) is 0 Å². The Morgan fingerprint density at radius 3 is 2.91 bits per heavy atom. The van der Waals surface area contributed by atoms with Crippen LogP contribution in [-0.4, -0.2) is 54.5 Å². The van der Waals surface area contributed by atoms with E-state index in [1.807, 2.05) is 24.3 Å². The van der Waals surface area contributed by atoms with Crippen LogP contribution in [0.2, 0.25) is 0 Å². The van der Waals surface area contributed by atoms with E-state index in [-0.39, 0.29) is 5.91 Å². The van der Waals surface area contributed by atoms with Crippen molar-refractivity contribution in [3.05, 3.63) is 42.5 Å². The lowest BCUT2D eigenvalue weighted by Gasteiger charge is -2.37. The fourth-order valence-electron chi connectivity index (χ4n) is 3.93. The number of hydrogen-bond donors (Lipinski definition) is 1. The second-order valence-electron chi connectivity index (χ2n) is 6.64. The van der Waals surface area contributed by atoms with E-state index in [1.165, 1.54) is 19.4 Å². The van der Waals surface area contributed by atoms with E-state index < -0.39 is 0 Å². The highest BCUT2D eigenvalue weighted by Gasteiger charge is 2.31. The number of benzene rings is 2. The monoisotopic (exact) mass is 309 g/mol. The first-order chi connectivity index (χ1) is 11.3. The Hall–Kier alpha value is -1.91. The molecule has 4 nitrogen and oxygen atoms in total. The molecule has 1 amide bonds. The van der Waals surface area contributed by atoms with E-state index >= 15 is 0 Å². The third-order valence-electron chi connectivity index (χ3n) is 5.10. The summed E-state index contributed by atoms with van der Waals surface area (Å²) in [5.74, 6) is 0.0906. The standard InChI is InChI=1S/C19H23N3O/c23-19(14-21-11-12-22-10-4-7-16(22)13-21)20-18-9-3-6-15-5-1-2-8-17(15)18/h1-3,5-6,8-9,16H,4,7,10-14H2,(H,20,23)/t16-/m1/s1. The van der Waals surface area contributed by atoms with Gasteiger partial charge in [0.2, 0.25) is 5.91 Å². The van der Waals surface area contributed by atoms with Crippen molar-refractivity contribution in [2.75, 3.05) is 38.0 Å². The molecule has 2 aliphatic heterocycles. The first-order valence-electron chi connectivity index (χ1n) is 8.53. The van der Waals surface area contributed by atoms with E-state index in [4.69, 9.17) is 0 Å². The van der Waals surface area contributed by atoms with Crippen LogP contribution in [0.15, 0.2) is 42.5 Å². The highest BCUT2D eigenvalue weighted by Crippen LogP contribution is 2.24. The molecule has 0 spiro atoms. The molecule has 0 radical (unpaired) electrons. The summed E-state index contributed by atoms with van der Waals surface area (Å²) < 4.78 is 0. The van der Waals surface area contributed by atoms with Crippen LogP contribution >= 0.6 is 0 Å². The molecule has 0 bridgehead atoms. The van der Waals surface area contributed by atoms with Gasteiger partial charge >= 0.3 is 0 Å². The number of hydrogen-bond acceptors (Lipinski definition) is 3. The maximum absolute atomic E-state index is 12.5. The molecule has 0 aliphatic carbocycles. The average molecular weight is 309 g/mol. The van der Waals surface area contributed by atoms with Gasteiger partial charge in [-0.15, -0.1) is 0 Å². The Balaban J connectivity index is 1.41. The zero-order chi connectivity index (χ0) is 15.6. The number of anilines is 1. The largest absolute Gasteiger partial charge is 0.324 e. The van der Waals surface area contributed by atoms with Crippen LogP contribution in [0.3, 0.4) is 0 Å². The topological polar surface area (TPSA) is 35.6 Å². The summed E-state index contributed by atoms with van der Waals surface area (Å²) in [6.45, 7) is 4.86. The van der Waals surface area contributed by atoms with Crippen LogP contribution in [0, 0.1) is 0 Å². The molecule has 1 N–H and O–H groups in total. The lowest BCUT2D eigenvalue weighted by molar-refractivity contribution is -0.117. The minimum Gasteiger partial charge on any atom is -0.324 e. The maximum atomic E-state index is 12.5. The van der Waals surface area contributed by atoms with Gasteiger partial charge in [0.15, 0.2) is 0 Å². The Kier molecular flexibility index (Phi) is 4.02. The number of rotatable bonds is 3. The van der Waals surface area contributed by atoms with Gasteiger partial charge in [-0.1, -0.05) is 36.4 Å². The number of carbonyl (C=O) groups is 1. The number of fused-ring (bicyclic) bond motifs is 2. The second-order valence-corrected chi connectivity index (χ2v) is 6.64. The molecular formula is C19H23N3O. The minimum absolute atomic E-state index is 0.0906. The van der Waals surface area contributed by atoms with Crippen molar-refractivity contribution in [2.24, 2.45) is 0 Å². The van der Waals surface area contributed by atoms with Crippen molar-refractivity contribution in [1.82, 2.24) is 9.80 Å². The number of piperazine rings is 1. The first-order valence-corrected chi connectivity index (χ1v) is 8.53. The summed E-state index contributed by atoms with van der Waals surface area (Å²) in [5.41, 5.74) is 0.910. The van der Waals surface area contributed by atoms with Gasteiger partial charge in [-0.2, -0.15) is 0 Å². The lowest BCUT2D eigenvalue weighted by Crippen LogP contribution is -2.51. The smallest absolute Gasteiger partial charge is 0.238 e. The third-order valence-corrected chi connectivity index (χ3v) is 5.10. The molecule has 2 heterocycles. The molecule has 120 valence electrons. The number of nitrogens with zero attached hydrogens (tertiary/aromatic N) is 2. The highest BCUT2D eigenvalue weighted by molar-refractivity contribution is 6.02. The fourth-order valence-corrected chi connectivity index (χ4v) is 3.93. The van der Waals surface area contributed by atoms with Crippen molar-refractivity contribution in [3.63, 3.8) is 0 Å². The quantitative estimate of drug-likeness (QED) is 0.946. The zero-order valence-corrected chi connectivity index (χ0v) is 13.4. The molecule has 0 saturated carbocycles. The number of nitrogens with one attached hydrogen (secondary N) is 1. The molecule has 1 atom stereocenters. The van der Waals surface area contributed by atoms with Gasteiger partial charge in [0.25, 0.3) is 0 Å². The molecule has 2 aliphatic rings. The molecule has 2 saturated heterocycles. The van der Waals surface area contributed by atoms with E-state index in [1.54, 1.807) is 0 Å². The van der Waals surface area contributed by atoms with Crippen molar-refractivity contribution in [3.8, 4) is 0 Å². The first kappa shape index (κ1) is 14.7. The summed E-state index contributed by atoms with van der Waals surface area (Å²) in [6.07, 6.45) is 2.59. The van der Waals surface area contributed by atoms with Gasteiger partial charge in [-0.05, 0) is 30.8 Å². The van der Waals surface area contributed by atoms with Gasteiger partial charge < -0.3 is 5.32 Å². The molecule has 0 unspecified atom stereocenters. The van der Waals surface area contributed by atoms with E-state index in [9.17, 15) is 4.79 Å². The van der Waals surface area contributed by atoms with Crippen LogP contribution < -0.4 is 5.32 Å². The molecule has 23 heavy (non-hydrogen) atoms. The van der Waals surface area contributed by atoms with Crippen molar-refractivity contribution >= 4 is 22.4 Å². The Morgan fingerprint density at radius 2 is 1.96 bits per heavy atom.